The van der Waals surface area contributed by atoms with E-state index >= 15 is 0 Å². The number of halogens is 1. The van der Waals surface area contributed by atoms with Crippen molar-refractivity contribution in [2.24, 2.45) is 11.7 Å². The van der Waals surface area contributed by atoms with Crippen LogP contribution in [0.4, 0.5) is 0 Å². The monoisotopic (exact) mass is 252 g/mol. The summed E-state index contributed by atoms with van der Waals surface area (Å²) in [6.07, 6.45) is 2.06. The minimum atomic E-state index is -0.152. The molecule has 1 atom stereocenters. The summed E-state index contributed by atoms with van der Waals surface area (Å²) in [7, 11) is 0. The van der Waals surface area contributed by atoms with Gasteiger partial charge in [-0.3, -0.25) is 0 Å². The number of aliphatic hydroxyl groups excluding tert-OH is 1. The van der Waals surface area contributed by atoms with Crippen LogP contribution in [-0.4, -0.2) is 55.5 Å². The van der Waals surface area contributed by atoms with E-state index in [9.17, 15) is 5.11 Å². The number of piperidine rings is 1. The van der Waals surface area contributed by atoms with Crippen molar-refractivity contribution in [2.75, 3.05) is 39.4 Å². The molecule has 0 radical (unpaired) electrons. The maximum Gasteiger partial charge on any atom is 0.0594 e. The van der Waals surface area contributed by atoms with Gasteiger partial charge in [-0.15, -0.1) is 12.4 Å². The Morgan fingerprint density at radius 2 is 2.00 bits per heavy atom. The first-order valence-corrected chi connectivity index (χ1v) is 5.92. The lowest BCUT2D eigenvalue weighted by molar-refractivity contribution is 0.0541. The van der Waals surface area contributed by atoms with Gasteiger partial charge in [-0.05, 0) is 38.8 Å². The predicted octanol–water partition coefficient (Wildman–Crippen LogP) is 0.476. The van der Waals surface area contributed by atoms with Crippen LogP contribution in [0, 0.1) is 5.92 Å². The Kier molecular flexibility index (Phi) is 9.26. The largest absolute Gasteiger partial charge is 0.393 e. The normalized spacial score (nSPS) is 20.4. The number of nitrogens with zero attached hydrogens (tertiary/aromatic N) is 1. The van der Waals surface area contributed by atoms with Crippen molar-refractivity contribution in [3.05, 3.63) is 0 Å². The fourth-order valence-corrected chi connectivity index (χ4v) is 2.04. The molecule has 98 valence electrons. The van der Waals surface area contributed by atoms with Crippen molar-refractivity contribution in [1.29, 1.82) is 0 Å². The average Bonchev–Trinajstić information content (AvgIpc) is 2.25. The fraction of sp³-hybridized carbons (Fsp3) is 1.00. The van der Waals surface area contributed by atoms with Gasteiger partial charge in [0.15, 0.2) is 0 Å². The molecule has 1 rings (SSSR count). The van der Waals surface area contributed by atoms with Crippen LogP contribution in [0.1, 0.15) is 19.8 Å². The molecule has 0 bridgehead atoms. The first kappa shape index (κ1) is 16.1. The Morgan fingerprint density at radius 1 is 1.38 bits per heavy atom. The highest BCUT2D eigenvalue weighted by molar-refractivity contribution is 5.85. The minimum absolute atomic E-state index is 0. The standard InChI is InChI=1S/C11H24N2O2.ClH/c1-10(14)11-2-5-13(6-3-11)7-9-15-8-4-12;/h10-11,14H,2-9,12H2,1H3;1H. The van der Waals surface area contributed by atoms with Crippen LogP contribution in [0.25, 0.3) is 0 Å². The summed E-state index contributed by atoms with van der Waals surface area (Å²) in [4.78, 5) is 2.40. The summed E-state index contributed by atoms with van der Waals surface area (Å²) in [6, 6.07) is 0. The molecule has 16 heavy (non-hydrogen) atoms. The quantitative estimate of drug-likeness (QED) is 0.675. The SMILES string of the molecule is CC(O)C1CCN(CCOCCN)CC1.Cl. The van der Waals surface area contributed by atoms with Gasteiger partial charge in [-0.1, -0.05) is 0 Å². The molecular weight excluding hydrogens is 228 g/mol. The zero-order valence-corrected chi connectivity index (χ0v) is 10.9. The van der Waals surface area contributed by atoms with Gasteiger partial charge < -0.3 is 20.5 Å². The molecule has 0 saturated carbocycles. The zero-order valence-electron chi connectivity index (χ0n) is 10.1. The number of ether oxygens (including phenoxy) is 1. The van der Waals surface area contributed by atoms with Crippen molar-refractivity contribution < 1.29 is 9.84 Å². The Labute approximate surface area is 105 Å². The second-order valence-electron chi connectivity index (χ2n) is 4.32. The molecule has 1 fully saturated rings. The molecule has 1 aliphatic rings. The van der Waals surface area contributed by atoms with Gasteiger partial charge >= 0.3 is 0 Å². The molecule has 0 spiro atoms. The van der Waals surface area contributed by atoms with Gasteiger partial charge in [0, 0.05) is 13.1 Å². The zero-order chi connectivity index (χ0) is 11.1. The molecule has 3 N–H and O–H groups in total. The molecule has 0 aromatic rings. The average molecular weight is 253 g/mol. The van der Waals surface area contributed by atoms with Gasteiger partial charge in [0.05, 0.1) is 19.3 Å². The minimum Gasteiger partial charge on any atom is -0.393 e. The van der Waals surface area contributed by atoms with Crippen molar-refractivity contribution in [3.8, 4) is 0 Å². The van der Waals surface area contributed by atoms with Gasteiger partial charge in [0.1, 0.15) is 0 Å². The van der Waals surface area contributed by atoms with Crippen molar-refractivity contribution >= 4 is 12.4 Å². The first-order valence-electron chi connectivity index (χ1n) is 5.92. The topological polar surface area (TPSA) is 58.7 Å². The van der Waals surface area contributed by atoms with Crippen molar-refractivity contribution in [2.45, 2.75) is 25.9 Å². The highest BCUT2D eigenvalue weighted by Crippen LogP contribution is 2.19. The predicted molar refractivity (Wildman–Crippen MR) is 68.0 cm³/mol. The molecule has 1 saturated heterocycles. The van der Waals surface area contributed by atoms with Crippen molar-refractivity contribution in [1.82, 2.24) is 4.90 Å². The summed E-state index contributed by atoms with van der Waals surface area (Å²) >= 11 is 0. The first-order chi connectivity index (χ1) is 7.24. The molecule has 5 heteroatoms. The molecule has 1 heterocycles. The molecule has 0 aromatic carbocycles. The molecule has 1 unspecified atom stereocenters. The van der Waals surface area contributed by atoms with Crippen LogP contribution in [0.15, 0.2) is 0 Å². The molecule has 0 aromatic heterocycles. The van der Waals surface area contributed by atoms with Crippen LogP contribution in [-0.2, 0) is 4.74 Å². The van der Waals surface area contributed by atoms with E-state index < -0.39 is 0 Å². The smallest absolute Gasteiger partial charge is 0.0594 e. The van der Waals surface area contributed by atoms with E-state index in [1.54, 1.807) is 0 Å². The van der Waals surface area contributed by atoms with E-state index in [2.05, 4.69) is 4.90 Å². The number of hydrogen-bond acceptors (Lipinski definition) is 4. The Balaban J connectivity index is 0.00000225. The van der Waals surface area contributed by atoms with E-state index in [-0.39, 0.29) is 18.5 Å². The summed E-state index contributed by atoms with van der Waals surface area (Å²) in [5.41, 5.74) is 5.33. The van der Waals surface area contributed by atoms with E-state index in [1.807, 2.05) is 6.92 Å². The molecule has 0 amide bonds. The number of nitrogens with two attached hydrogens (primary N) is 1. The third-order valence-electron chi connectivity index (χ3n) is 3.13. The third-order valence-corrected chi connectivity index (χ3v) is 3.13. The molecule has 1 aliphatic heterocycles. The maximum absolute atomic E-state index is 9.45. The van der Waals surface area contributed by atoms with E-state index in [4.69, 9.17) is 10.5 Å². The van der Waals surface area contributed by atoms with Gasteiger partial charge in [-0.25, -0.2) is 0 Å². The molecular formula is C11H25ClN2O2. The number of rotatable bonds is 6. The lowest BCUT2D eigenvalue weighted by Crippen LogP contribution is -2.38. The lowest BCUT2D eigenvalue weighted by Gasteiger charge is -2.33. The highest BCUT2D eigenvalue weighted by Gasteiger charge is 2.21. The molecule has 4 nitrogen and oxygen atoms in total. The van der Waals surface area contributed by atoms with Crippen LogP contribution in [0.5, 0.6) is 0 Å². The van der Waals surface area contributed by atoms with E-state index in [0.717, 1.165) is 39.1 Å². The van der Waals surface area contributed by atoms with Crippen LogP contribution >= 0.6 is 12.4 Å². The maximum atomic E-state index is 9.45. The van der Waals surface area contributed by atoms with Crippen molar-refractivity contribution in [3.63, 3.8) is 0 Å². The van der Waals surface area contributed by atoms with Gasteiger partial charge in [0.2, 0.25) is 0 Å². The second kappa shape index (κ2) is 9.19. The third kappa shape index (κ3) is 6.01. The summed E-state index contributed by atoms with van der Waals surface area (Å²) in [6.45, 7) is 7.09. The van der Waals surface area contributed by atoms with Crippen LogP contribution < -0.4 is 5.73 Å². The number of aliphatic hydroxyl groups is 1. The number of hydrogen-bond donors (Lipinski definition) is 2. The Hall–Kier alpha value is 0.130. The van der Waals surface area contributed by atoms with Gasteiger partial charge in [-0.2, -0.15) is 0 Å². The summed E-state index contributed by atoms with van der Waals surface area (Å²) in [5, 5.41) is 9.45. The van der Waals surface area contributed by atoms with Crippen LogP contribution in [0.3, 0.4) is 0 Å². The van der Waals surface area contributed by atoms with Crippen LogP contribution in [0.2, 0.25) is 0 Å². The van der Waals surface area contributed by atoms with E-state index in [0.29, 0.717) is 19.1 Å². The highest BCUT2D eigenvalue weighted by atomic mass is 35.5. The summed E-state index contributed by atoms with van der Waals surface area (Å²) < 4.78 is 5.34. The van der Waals surface area contributed by atoms with Gasteiger partial charge in [0.25, 0.3) is 0 Å². The molecule has 0 aliphatic carbocycles. The summed E-state index contributed by atoms with van der Waals surface area (Å²) in [5.74, 6) is 0.492. The Bertz CT molecular complexity index is 162. The lowest BCUT2D eigenvalue weighted by atomic mass is 9.92. The van der Waals surface area contributed by atoms with E-state index in [1.165, 1.54) is 0 Å². The second-order valence-corrected chi connectivity index (χ2v) is 4.32. The number of likely N-dealkylation sites (tertiary alicyclic amines) is 1. The Morgan fingerprint density at radius 3 is 2.50 bits per heavy atom. The fourth-order valence-electron chi connectivity index (χ4n) is 2.04.